The van der Waals surface area contributed by atoms with Crippen LogP contribution in [0.3, 0.4) is 0 Å². The lowest BCUT2D eigenvalue weighted by molar-refractivity contribution is -0.136. The number of halogens is 2. The highest BCUT2D eigenvalue weighted by Gasteiger charge is 2.47. The monoisotopic (exact) mass is 528 g/mol. The van der Waals surface area contributed by atoms with Crippen LogP contribution in [0.2, 0.25) is 10.0 Å². The van der Waals surface area contributed by atoms with Crippen molar-refractivity contribution in [2.45, 2.75) is 51.2 Å². The van der Waals surface area contributed by atoms with Crippen LogP contribution in [0.25, 0.3) is 0 Å². The van der Waals surface area contributed by atoms with Gasteiger partial charge in [0.2, 0.25) is 5.91 Å². The lowest BCUT2D eigenvalue weighted by Gasteiger charge is -2.42. The summed E-state index contributed by atoms with van der Waals surface area (Å²) in [5.41, 5.74) is 3.85. The number of piperazine rings is 2. The maximum absolute atomic E-state index is 13.6. The van der Waals surface area contributed by atoms with E-state index in [-0.39, 0.29) is 23.4 Å². The summed E-state index contributed by atoms with van der Waals surface area (Å²) >= 11 is 12.5. The molecule has 6 nitrogen and oxygen atoms in total. The second kappa shape index (κ2) is 9.97. The Kier molecular flexibility index (Phi) is 7.07. The third kappa shape index (κ3) is 5.01. The van der Waals surface area contributed by atoms with E-state index in [0.717, 1.165) is 42.7 Å². The molecule has 8 heteroatoms. The first-order valence-electron chi connectivity index (χ1n) is 12.7. The third-order valence-electron chi connectivity index (χ3n) is 8.04. The predicted molar refractivity (Wildman–Crippen MR) is 144 cm³/mol. The molecule has 0 radical (unpaired) electrons. The fourth-order valence-corrected chi connectivity index (χ4v) is 6.49. The molecule has 3 aliphatic rings. The molecule has 36 heavy (non-hydrogen) atoms. The fourth-order valence-electron chi connectivity index (χ4n) is 6.18. The number of fused-ring (bicyclic) bond motifs is 2. The van der Waals surface area contributed by atoms with E-state index >= 15 is 0 Å². The number of nitrogens with one attached hydrogen (secondary N) is 1. The summed E-state index contributed by atoms with van der Waals surface area (Å²) in [4.78, 5) is 33.3. The van der Waals surface area contributed by atoms with E-state index in [1.54, 1.807) is 6.07 Å². The van der Waals surface area contributed by atoms with Crippen molar-refractivity contribution >= 4 is 35.0 Å². The van der Waals surface area contributed by atoms with E-state index in [1.165, 1.54) is 0 Å². The highest BCUT2D eigenvalue weighted by molar-refractivity contribution is 6.42. The largest absolute Gasteiger partial charge is 0.334 e. The van der Waals surface area contributed by atoms with Crippen LogP contribution in [-0.2, 0) is 4.79 Å². The Morgan fingerprint density at radius 2 is 1.78 bits per heavy atom. The lowest BCUT2D eigenvalue weighted by atomic mass is 9.99. The standard InChI is InChI=1S/C28H34Cl2N4O2/c1-18-10-19(2)12-21(11-18)27(36)32-8-9-34(25(16-32)20-4-5-23(29)24(30)13-20)26(35)6-7-33-15-22-14-28(33,3)17-31-22/h4-5,10-13,22,25,31H,6-9,14-17H2,1-3H3/t22-,25+,28+/m1/s1. The number of aryl methyl sites for hydroxylation is 2. The van der Waals surface area contributed by atoms with Gasteiger partial charge in [-0.1, -0.05) is 46.5 Å². The van der Waals surface area contributed by atoms with Gasteiger partial charge in [-0.3, -0.25) is 14.5 Å². The molecule has 3 atom stereocenters. The second-order valence-corrected chi connectivity index (χ2v) is 11.7. The van der Waals surface area contributed by atoms with E-state index < -0.39 is 0 Å². The van der Waals surface area contributed by atoms with Crippen molar-refractivity contribution in [3.8, 4) is 0 Å². The number of nitrogens with zero attached hydrogens (tertiary/aromatic N) is 3. The third-order valence-corrected chi connectivity index (χ3v) is 8.78. The average molecular weight is 530 g/mol. The van der Waals surface area contributed by atoms with E-state index in [0.29, 0.717) is 47.7 Å². The molecule has 0 aliphatic carbocycles. The van der Waals surface area contributed by atoms with Gasteiger partial charge >= 0.3 is 0 Å². The Labute approximate surface area is 223 Å². The van der Waals surface area contributed by atoms with Gasteiger partial charge in [0.25, 0.3) is 5.91 Å². The quantitative estimate of drug-likeness (QED) is 0.622. The number of amides is 2. The zero-order valence-corrected chi connectivity index (χ0v) is 22.7. The Bertz CT molecular complexity index is 1170. The van der Waals surface area contributed by atoms with Gasteiger partial charge in [-0.25, -0.2) is 0 Å². The van der Waals surface area contributed by atoms with Gasteiger partial charge in [0.1, 0.15) is 0 Å². The maximum atomic E-state index is 13.6. The van der Waals surface area contributed by atoms with Crippen LogP contribution in [0.15, 0.2) is 36.4 Å². The molecule has 0 unspecified atom stereocenters. The van der Waals surface area contributed by atoms with Crippen LogP contribution in [0, 0.1) is 13.8 Å². The molecule has 2 amide bonds. The molecule has 1 N–H and O–H groups in total. The number of carbonyl (C=O) groups excluding carboxylic acids is 2. The molecule has 0 spiro atoms. The summed E-state index contributed by atoms with van der Waals surface area (Å²) in [5.74, 6) is 0.108. The van der Waals surface area contributed by atoms with Gasteiger partial charge in [0.05, 0.1) is 16.1 Å². The summed E-state index contributed by atoms with van der Waals surface area (Å²) in [6.45, 7) is 10.4. The minimum absolute atomic E-state index is 0.00697. The molecule has 3 aliphatic heterocycles. The van der Waals surface area contributed by atoms with Crippen molar-refractivity contribution in [3.05, 3.63) is 68.7 Å². The van der Waals surface area contributed by atoms with Crippen molar-refractivity contribution in [2.24, 2.45) is 0 Å². The van der Waals surface area contributed by atoms with Crippen LogP contribution in [0.1, 0.15) is 52.9 Å². The van der Waals surface area contributed by atoms with E-state index in [4.69, 9.17) is 23.2 Å². The molecule has 2 aromatic carbocycles. The topological polar surface area (TPSA) is 55.9 Å². The molecular formula is C28H34Cl2N4O2. The van der Waals surface area contributed by atoms with Crippen LogP contribution in [0.4, 0.5) is 0 Å². The molecular weight excluding hydrogens is 495 g/mol. The number of hydrogen-bond donors (Lipinski definition) is 1. The van der Waals surface area contributed by atoms with Crippen molar-refractivity contribution in [1.82, 2.24) is 20.0 Å². The lowest BCUT2D eigenvalue weighted by Crippen LogP contribution is -2.54. The molecule has 0 saturated carbocycles. The van der Waals surface area contributed by atoms with Crippen LogP contribution in [-0.4, -0.2) is 77.4 Å². The Morgan fingerprint density at radius 3 is 2.42 bits per heavy atom. The van der Waals surface area contributed by atoms with Gasteiger partial charge in [0, 0.05) is 62.8 Å². The number of likely N-dealkylation sites (tertiary alicyclic amines) is 1. The molecule has 0 aromatic heterocycles. The Balaban J connectivity index is 1.35. The van der Waals surface area contributed by atoms with Crippen LogP contribution >= 0.6 is 23.2 Å². The molecule has 3 saturated heterocycles. The highest BCUT2D eigenvalue weighted by Crippen LogP contribution is 2.35. The van der Waals surface area contributed by atoms with Crippen molar-refractivity contribution in [2.75, 3.05) is 39.3 Å². The van der Waals surface area contributed by atoms with E-state index in [2.05, 4.69) is 23.2 Å². The normalized spacial score (nSPS) is 26.0. The molecule has 192 valence electrons. The van der Waals surface area contributed by atoms with Gasteiger partial charge in [-0.05, 0) is 57.0 Å². The number of hydrogen-bond acceptors (Lipinski definition) is 4. The highest BCUT2D eigenvalue weighted by atomic mass is 35.5. The predicted octanol–water partition coefficient (Wildman–Crippen LogP) is 4.46. The molecule has 2 bridgehead atoms. The number of benzene rings is 2. The first kappa shape index (κ1) is 25.5. The molecule has 3 heterocycles. The summed E-state index contributed by atoms with van der Waals surface area (Å²) in [6.07, 6.45) is 1.61. The first-order valence-corrected chi connectivity index (χ1v) is 13.5. The minimum atomic E-state index is -0.275. The average Bonchev–Trinajstić information content (AvgIpc) is 3.38. The van der Waals surface area contributed by atoms with Crippen LogP contribution in [0.5, 0.6) is 0 Å². The van der Waals surface area contributed by atoms with Crippen molar-refractivity contribution in [1.29, 1.82) is 0 Å². The van der Waals surface area contributed by atoms with Gasteiger partial charge < -0.3 is 15.1 Å². The van der Waals surface area contributed by atoms with Gasteiger partial charge in [0.15, 0.2) is 0 Å². The van der Waals surface area contributed by atoms with Crippen molar-refractivity contribution < 1.29 is 9.59 Å². The SMILES string of the molecule is Cc1cc(C)cc(C(=O)N2CCN(C(=O)CCN3C[C@H]4C[C@@]3(C)CN4)[C@H](c3ccc(Cl)c(Cl)c3)C2)c1. The molecule has 5 rings (SSSR count). The van der Waals surface area contributed by atoms with E-state index in [9.17, 15) is 9.59 Å². The smallest absolute Gasteiger partial charge is 0.254 e. The second-order valence-electron chi connectivity index (χ2n) is 10.9. The first-order chi connectivity index (χ1) is 17.1. The summed E-state index contributed by atoms with van der Waals surface area (Å²) in [7, 11) is 0. The summed E-state index contributed by atoms with van der Waals surface area (Å²) in [6, 6.07) is 11.7. The van der Waals surface area contributed by atoms with Gasteiger partial charge in [-0.15, -0.1) is 0 Å². The zero-order chi connectivity index (χ0) is 25.6. The Hall–Kier alpha value is -2.12. The van der Waals surface area contributed by atoms with E-state index in [1.807, 2.05) is 47.9 Å². The maximum Gasteiger partial charge on any atom is 0.254 e. The molecule has 2 aromatic rings. The van der Waals surface area contributed by atoms with Crippen LogP contribution < -0.4 is 5.32 Å². The number of carbonyl (C=O) groups is 2. The number of rotatable bonds is 5. The zero-order valence-electron chi connectivity index (χ0n) is 21.2. The fraction of sp³-hybridized carbons (Fsp3) is 0.500. The molecule has 3 fully saturated rings. The summed E-state index contributed by atoms with van der Waals surface area (Å²) < 4.78 is 0. The minimum Gasteiger partial charge on any atom is -0.334 e. The van der Waals surface area contributed by atoms with Gasteiger partial charge in [-0.2, -0.15) is 0 Å². The Morgan fingerprint density at radius 1 is 1.03 bits per heavy atom. The summed E-state index contributed by atoms with van der Waals surface area (Å²) in [5, 5.41) is 4.48. The van der Waals surface area contributed by atoms with Crippen molar-refractivity contribution in [3.63, 3.8) is 0 Å².